The normalized spacial score (nSPS) is 23.6. The van der Waals surface area contributed by atoms with Crippen LogP contribution in [0.5, 0.6) is 0 Å². The molecular formula is C11H20N2O4. The Hall–Kier alpha value is -1.14. The van der Waals surface area contributed by atoms with Gasteiger partial charge in [0.2, 0.25) is 5.91 Å². The van der Waals surface area contributed by atoms with Gasteiger partial charge >= 0.3 is 5.97 Å². The van der Waals surface area contributed by atoms with Gasteiger partial charge in [-0.3, -0.25) is 9.59 Å². The molecule has 0 spiro atoms. The van der Waals surface area contributed by atoms with Crippen LogP contribution >= 0.6 is 0 Å². The molecule has 0 bridgehead atoms. The molecule has 1 heterocycles. The fourth-order valence-electron chi connectivity index (χ4n) is 1.91. The van der Waals surface area contributed by atoms with Crippen molar-refractivity contribution in [3.8, 4) is 0 Å². The van der Waals surface area contributed by atoms with Crippen LogP contribution in [0.1, 0.15) is 19.3 Å². The van der Waals surface area contributed by atoms with Crippen molar-refractivity contribution >= 4 is 11.9 Å². The average Bonchev–Trinajstić information content (AvgIpc) is 2.75. The molecule has 1 saturated heterocycles. The number of methoxy groups -OCH3 is 1. The van der Waals surface area contributed by atoms with Crippen LogP contribution in [0, 0.1) is 0 Å². The second kappa shape index (κ2) is 6.56. The van der Waals surface area contributed by atoms with E-state index in [0.717, 1.165) is 0 Å². The third kappa shape index (κ3) is 4.32. The zero-order valence-electron chi connectivity index (χ0n) is 10.3. The molecule has 1 amide bonds. The molecule has 2 unspecified atom stereocenters. The Morgan fingerprint density at radius 3 is 2.76 bits per heavy atom. The number of carbonyl (C=O) groups excluding carboxylic acids is 1. The monoisotopic (exact) mass is 244 g/mol. The number of ether oxygens (including phenoxy) is 1. The van der Waals surface area contributed by atoms with Crippen LogP contribution in [0.3, 0.4) is 0 Å². The van der Waals surface area contributed by atoms with Crippen molar-refractivity contribution in [1.82, 2.24) is 10.2 Å². The van der Waals surface area contributed by atoms with Gasteiger partial charge in [-0.05, 0) is 12.8 Å². The summed E-state index contributed by atoms with van der Waals surface area (Å²) >= 11 is 0. The fraction of sp³-hybridized carbons (Fsp3) is 0.818. The molecule has 2 atom stereocenters. The Kier molecular flexibility index (Phi) is 5.37. The number of amides is 1. The zero-order chi connectivity index (χ0) is 12.8. The topological polar surface area (TPSA) is 78.9 Å². The van der Waals surface area contributed by atoms with E-state index in [4.69, 9.17) is 9.84 Å². The summed E-state index contributed by atoms with van der Waals surface area (Å²) in [4.78, 5) is 23.9. The summed E-state index contributed by atoms with van der Waals surface area (Å²) in [6.45, 7) is 1.16. The minimum atomic E-state index is -0.829. The van der Waals surface area contributed by atoms with Crippen molar-refractivity contribution in [2.24, 2.45) is 0 Å². The number of carboxylic acid groups (broad SMARTS) is 1. The average molecular weight is 244 g/mol. The Morgan fingerprint density at radius 1 is 1.53 bits per heavy atom. The molecule has 98 valence electrons. The van der Waals surface area contributed by atoms with Crippen LogP contribution in [0.25, 0.3) is 0 Å². The molecule has 0 saturated carbocycles. The van der Waals surface area contributed by atoms with Gasteiger partial charge < -0.3 is 20.1 Å². The van der Waals surface area contributed by atoms with Crippen LogP contribution in [0.2, 0.25) is 0 Å². The van der Waals surface area contributed by atoms with E-state index in [1.165, 1.54) is 0 Å². The van der Waals surface area contributed by atoms with Crippen molar-refractivity contribution in [3.05, 3.63) is 0 Å². The summed E-state index contributed by atoms with van der Waals surface area (Å²) in [6.07, 6.45) is 1.35. The minimum absolute atomic E-state index is 0.00920. The van der Waals surface area contributed by atoms with E-state index in [-0.39, 0.29) is 24.5 Å². The lowest BCUT2D eigenvalue weighted by molar-refractivity contribution is -0.138. The highest BCUT2D eigenvalue weighted by Gasteiger charge is 2.30. The van der Waals surface area contributed by atoms with E-state index < -0.39 is 5.97 Å². The Labute approximate surface area is 101 Å². The molecule has 6 nitrogen and oxygen atoms in total. The van der Waals surface area contributed by atoms with Crippen LogP contribution in [-0.4, -0.2) is 61.3 Å². The number of rotatable bonds is 6. The van der Waals surface area contributed by atoms with Crippen molar-refractivity contribution in [2.75, 3.05) is 27.2 Å². The van der Waals surface area contributed by atoms with Gasteiger partial charge in [0.15, 0.2) is 0 Å². The van der Waals surface area contributed by atoms with Crippen LogP contribution in [0.15, 0.2) is 0 Å². The first-order valence-electron chi connectivity index (χ1n) is 5.77. The number of nitrogens with zero attached hydrogens (tertiary/aromatic N) is 1. The number of nitrogens with one attached hydrogen (secondary N) is 1. The molecule has 6 heteroatoms. The molecule has 1 rings (SSSR count). The molecule has 1 fully saturated rings. The predicted octanol–water partition coefficient (Wildman–Crippen LogP) is -0.313. The van der Waals surface area contributed by atoms with E-state index in [2.05, 4.69) is 5.32 Å². The van der Waals surface area contributed by atoms with Crippen molar-refractivity contribution in [3.63, 3.8) is 0 Å². The summed E-state index contributed by atoms with van der Waals surface area (Å²) in [6, 6.07) is -0.199. The molecule has 0 aliphatic carbocycles. The maximum absolute atomic E-state index is 11.9. The molecule has 0 radical (unpaired) electrons. The SMILES string of the molecule is COC1CNC(C(=O)N(C)CCCC(=O)O)C1. The van der Waals surface area contributed by atoms with Gasteiger partial charge in [0, 0.05) is 33.7 Å². The third-order valence-electron chi connectivity index (χ3n) is 2.98. The first kappa shape index (κ1) is 13.9. The lowest BCUT2D eigenvalue weighted by Crippen LogP contribution is -2.42. The van der Waals surface area contributed by atoms with Gasteiger partial charge in [0.25, 0.3) is 0 Å². The summed E-state index contributed by atoms with van der Waals surface area (Å²) in [7, 11) is 3.34. The van der Waals surface area contributed by atoms with Gasteiger partial charge in [-0.1, -0.05) is 0 Å². The number of carboxylic acids is 1. The van der Waals surface area contributed by atoms with Gasteiger partial charge in [0.1, 0.15) is 0 Å². The van der Waals surface area contributed by atoms with Crippen molar-refractivity contribution < 1.29 is 19.4 Å². The molecule has 17 heavy (non-hydrogen) atoms. The highest BCUT2D eigenvalue weighted by Crippen LogP contribution is 2.11. The fourth-order valence-corrected chi connectivity index (χ4v) is 1.91. The number of hydrogen-bond donors (Lipinski definition) is 2. The van der Waals surface area contributed by atoms with Gasteiger partial charge in [-0.2, -0.15) is 0 Å². The number of carbonyl (C=O) groups is 2. The summed E-state index contributed by atoms with van der Waals surface area (Å²) in [5, 5.41) is 11.6. The highest BCUT2D eigenvalue weighted by atomic mass is 16.5. The van der Waals surface area contributed by atoms with Crippen LogP contribution < -0.4 is 5.32 Å². The molecular weight excluding hydrogens is 224 g/mol. The van der Waals surface area contributed by atoms with E-state index in [0.29, 0.717) is 25.9 Å². The van der Waals surface area contributed by atoms with E-state index in [9.17, 15) is 9.59 Å². The predicted molar refractivity (Wildman–Crippen MR) is 61.7 cm³/mol. The van der Waals surface area contributed by atoms with Gasteiger partial charge in [-0.15, -0.1) is 0 Å². The molecule has 1 aliphatic heterocycles. The smallest absolute Gasteiger partial charge is 0.303 e. The van der Waals surface area contributed by atoms with Crippen molar-refractivity contribution in [2.45, 2.75) is 31.4 Å². The summed E-state index contributed by atoms with van der Waals surface area (Å²) < 4.78 is 5.17. The Bertz CT molecular complexity index is 283. The second-order valence-corrected chi connectivity index (χ2v) is 4.31. The Morgan fingerprint density at radius 2 is 2.24 bits per heavy atom. The molecule has 0 aromatic rings. The zero-order valence-corrected chi connectivity index (χ0v) is 10.3. The van der Waals surface area contributed by atoms with Gasteiger partial charge in [0.05, 0.1) is 12.1 Å². The summed E-state index contributed by atoms with van der Waals surface area (Å²) in [5.74, 6) is -0.820. The maximum Gasteiger partial charge on any atom is 0.303 e. The maximum atomic E-state index is 11.9. The van der Waals surface area contributed by atoms with Crippen molar-refractivity contribution in [1.29, 1.82) is 0 Å². The van der Waals surface area contributed by atoms with Crippen LogP contribution in [-0.2, 0) is 14.3 Å². The first-order chi connectivity index (χ1) is 8.04. The van der Waals surface area contributed by atoms with Crippen LogP contribution in [0.4, 0.5) is 0 Å². The lowest BCUT2D eigenvalue weighted by Gasteiger charge is -2.20. The standard InChI is InChI=1S/C11H20N2O4/c1-13(5-3-4-10(14)15)11(16)9-6-8(17-2)7-12-9/h8-9,12H,3-7H2,1-2H3,(H,14,15). The van der Waals surface area contributed by atoms with E-state index in [1.54, 1.807) is 19.1 Å². The molecule has 1 aliphatic rings. The quantitative estimate of drug-likeness (QED) is 0.670. The second-order valence-electron chi connectivity index (χ2n) is 4.31. The van der Waals surface area contributed by atoms with E-state index >= 15 is 0 Å². The molecule has 0 aromatic carbocycles. The highest BCUT2D eigenvalue weighted by molar-refractivity contribution is 5.82. The largest absolute Gasteiger partial charge is 0.481 e. The number of aliphatic carboxylic acids is 1. The molecule has 2 N–H and O–H groups in total. The van der Waals surface area contributed by atoms with Gasteiger partial charge in [-0.25, -0.2) is 0 Å². The lowest BCUT2D eigenvalue weighted by atomic mass is 10.1. The number of hydrogen-bond acceptors (Lipinski definition) is 4. The first-order valence-corrected chi connectivity index (χ1v) is 5.77. The summed E-state index contributed by atoms with van der Waals surface area (Å²) in [5.41, 5.74) is 0. The molecule has 0 aromatic heterocycles. The third-order valence-corrected chi connectivity index (χ3v) is 2.98. The van der Waals surface area contributed by atoms with E-state index in [1.807, 2.05) is 0 Å². The minimum Gasteiger partial charge on any atom is -0.481 e. The number of likely N-dealkylation sites (N-methyl/N-ethyl adjacent to an activating group) is 1. The Balaban J connectivity index is 2.29.